The number of amides is 1. The Morgan fingerprint density at radius 2 is 1.89 bits per heavy atom. The average Bonchev–Trinajstić information content (AvgIpc) is 3.41. The molecule has 0 aromatic carbocycles. The molecule has 2 saturated carbocycles. The fourth-order valence-corrected chi connectivity index (χ4v) is 6.03. The van der Waals surface area contributed by atoms with E-state index in [1.807, 2.05) is 0 Å². The van der Waals surface area contributed by atoms with E-state index in [-0.39, 0.29) is 0 Å². The minimum atomic E-state index is 0.330. The van der Waals surface area contributed by atoms with E-state index >= 15 is 0 Å². The van der Waals surface area contributed by atoms with Crippen molar-refractivity contribution in [2.45, 2.75) is 83.2 Å². The molecule has 1 unspecified atom stereocenters. The molecule has 5 nitrogen and oxygen atoms in total. The maximum Gasteiger partial charge on any atom is 0.222 e. The zero-order valence-electron chi connectivity index (χ0n) is 17.3. The largest absolute Gasteiger partial charge is 0.342 e. The minimum Gasteiger partial charge on any atom is -0.342 e. The number of imidazole rings is 1. The summed E-state index contributed by atoms with van der Waals surface area (Å²) in [5.74, 6) is 1.20. The van der Waals surface area contributed by atoms with Gasteiger partial charge in [0, 0.05) is 50.3 Å². The SMILES string of the molecule is O=C1CCC2(CCCN(Cc3cncn3C3CCCCC3)C2)CN1CC1CC1. The minimum absolute atomic E-state index is 0.330. The summed E-state index contributed by atoms with van der Waals surface area (Å²) >= 11 is 0. The molecular formula is C23H36N4O. The predicted molar refractivity (Wildman–Crippen MR) is 110 cm³/mol. The third-order valence-corrected chi connectivity index (χ3v) is 7.76. The van der Waals surface area contributed by atoms with Crippen molar-refractivity contribution in [2.75, 3.05) is 26.2 Å². The number of hydrogen-bond donors (Lipinski definition) is 0. The van der Waals surface area contributed by atoms with E-state index in [1.54, 1.807) is 0 Å². The van der Waals surface area contributed by atoms with Gasteiger partial charge >= 0.3 is 0 Å². The molecule has 1 spiro atoms. The van der Waals surface area contributed by atoms with E-state index in [4.69, 9.17) is 0 Å². The molecule has 5 heteroatoms. The Bertz CT molecular complexity index is 691. The second-order valence-corrected chi connectivity index (χ2v) is 10.1. The van der Waals surface area contributed by atoms with E-state index in [9.17, 15) is 4.79 Å². The molecule has 1 amide bonds. The fourth-order valence-electron chi connectivity index (χ4n) is 6.03. The lowest BCUT2D eigenvalue weighted by atomic mass is 9.73. The van der Waals surface area contributed by atoms with Crippen LogP contribution in [-0.4, -0.2) is 51.4 Å². The highest BCUT2D eigenvalue weighted by molar-refractivity contribution is 5.77. The third-order valence-electron chi connectivity index (χ3n) is 7.76. The van der Waals surface area contributed by atoms with Crippen molar-refractivity contribution in [1.29, 1.82) is 0 Å². The Morgan fingerprint density at radius 3 is 2.71 bits per heavy atom. The number of nitrogens with zero attached hydrogens (tertiary/aromatic N) is 4. The maximum absolute atomic E-state index is 12.4. The second-order valence-electron chi connectivity index (χ2n) is 10.1. The highest BCUT2D eigenvalue weighted by Crippen LogP contribution is 2.41. The summed E-state index contributed by atoms with van der Waals surface area (Å²) in [5, 5.41) is 0. The van der Waals surface area contributed by atoms with Crippen LogP contribution in [0.2, 0.25) is 0 Å². The molecule has 1 aromatic rings. The van der Waals surface area contributed by atoms with Gasteiger partial charge < -0.3 is 9.47 Å². The van der Waals surface area contributed by atoms with Crippen molar-refractivity contribution >= 4 is 5.91 Å². The van der Waals surface area contributed by atoms with Gasteiger partial charge in [0.25, 0.3) is 0 Å². The Kier molecular flexibility index (Phi) is 5.20. The molecule has 3 heterocycles. The first-order valence-corrected chi connectivity index (χ1v) is 11.7. The summed E-state index contributed by atoms with van der Waals surface area (Å²) < 4.78 is 2.48. The first-order valence-electron chi connectivity index (χ1n) is 11.7. The van der Waals surface area contributed by atoms with E-state index in [0.717, 1.165) is 44.9 Å². The van der Waals surface area contributed by atoms with Crippen LogP contribution in [-0.2, 0) is 11.3 Å². The molecule has 1 aromatic heterocycles. The molecule has 2 aliphatic carbocycles. The monoisotopic (exact) mass is 384 g/mol. The molecule has 2 aliphatic heterocycles. The summed E-state index contributed by atoms with van der Waals surface area (Å²) in [4.78, 5) is 21.8. The third kappa shape index (κ3) is 4.00. The molecule has 2 saturated heterocycles. The lowest BCUT2D eigenvalue weighted by Gasteiger charge is -2.48. The van der Waals surface area contributed by atoms with Crippen LogP contribution in [0.4, 0.5) is 0 Å². The number of likely N-dealkylation sites (tertiary alicyclic amines) is 2. The highest BCUT2D eigenvalue weighted by atomic mass is 16.2. The molecule has 0 bridgehead atoms. The quantitative estimate of drug-likeness (QED) is 0.770. The molecule has 0 radical (unpaired) electrons. The lowest BCUT2D eigenvalue weighted by molar-refractivity contribution is -0.139. The number of piperidine rings is 2. The van der Waals surface area contributed by atoms with Crippen LogP contribution in [0.15, 0.2) is 12.5 Å². The van der Waals surface area contributed by atoms with Crippen LogP contribution in [0, 0.1) is 11.3 Å². The number of carbonyl (C=O) groups excluding carboxylic acids is 1. The van der Waals surface area contributed by atoms with E-state index in [0.29, 0.717) is 17.4 Å². The Balaban J connectivity index is 1.25. The number of rotatable bonds is 5. The first-order chi connectivity index (χ1) is 13.7. The van der Waals surface area contributed by atoms with Crippen LogP contribution >= 0.6 is 0 Å². The molecule has 0 N–H and O–H groups in total. The zero-order valence-corrected chi connectivity index (χ0v) is 17.3. The average molecular weight is 385 g/mol. The summed E-state index contributed by atoms with van der Waals surface area (Å²) in [6.45, 7) is 5.38. The molecule has 4 aliphatic rings. The molecule has 28 heavy (non-hydrogen) atoms. The van der Waals surface area contributed by atoms with Gasteiger partial charge in [0.1, 0.15) is 0 Å². The van der Waals surface area contributed by atoms with E-state index < -0.39 is 0 Å². The van der Waals surface area contributed by atoms with Gasteiger partial charge in [0.05, 0.1) is 12.0 Å². The van der Waals surface area contributed by atoms with Crippen LogP contribution in [0.3, 0.4) is 0 Å². The van der Waals surface area contributed by atoms with Gasteiger partial charge in [0.15, 0.2) is 0 Å². The number of hydrogen-bond acceptors (Lipinski definition) is 3. The summed E-state index contributed by atoms with van der Waals surface area (Å²) in [7, 11) is 0. The first kappa shape index (κ1) is 18.7. The normalized spacial score (nSPS) is 30.3. The summed E-state index contributed by atoms with van der Waals surface area (Å²) in [5.41, 5.74) is 1.72. The van der Waals surface area contributed by atoms with Crippen molar-refractivity contribution in [1.82, 2.24) is 19.4 Å². The molecule has 5 rings (SSSR count). The van der Waals surface area contributed by atoms with Crippen molar-refractivity contribution in [2.24, 2.45) is 11.3 Å². The van der Waals surface area contributed by atoms with Crippen molar-refractivity contribution < 1.29 is 4.79 Å². The fraction of sp³-hybridized carbons (Fsp3) is 0.826. The number of aromatic nitrogens is 2. The standard InChI is InChI=1S/C23H36N4O/c28-22-9-11-23(17-26(22)14-19-7-8-19)10-4-12-25(16-23)15-21-13-24-18-27(21)20-5-2-1-3-6-20/h13,18-20H,1-12,14-17H2. The Labute approximate surface area is 169 Å². The smallest absolute Gasteiger partial charge is 0.222 e. The van der Waals surface area contributed by atoms with Gasteiger partial charge in [-0.3, -0.25) is 9.69 Å². The van der Waals surface area contributed by atoms with Crippen LogP contribution in [0.1, 0.15) is 82.4 Å². The van der Waals surface area contributed by atoms with Crippen LogP contribution < -0.4 is 0 Å². The molecular weight excluding hydrogens is 348 g/mol. The second kappa shape index (κ2) is 7.81. The van der Waals surface area contributed by atoms with Gasteiger partial charge in [0.2, 0.25) is 5.91 Å². The maximum atomic E-state index is 12.4. The van der Waals surface area contributed by atoms with Gasteiger partial charge in [-0.15, -0.1) is 0 Å². The van der Waals surface area contributed by atoms with Gasteiger partial charge in [-0.2, -0.15) is 0 Å². The van der Waals surface area contributed by atoms with Gasteiger partial charge in [-0.05, 0) is 57.4 Å². The lowest BCUT2D eigenvalue weighted by Crippen LogP contribution is -2.54. The van der Waals surface area contributed by atoms with Gasteiger partial charge in [-0.1, -0.05) is 19.3 Å². The van der Waals surface area contributed by atoms with Crippen LogP contribution in [0.5, 0.6) is 0 Å². The molecule has 1 atom stereocenters. The van der Waals surface area contributed by atoms with Crippen molar-refractivity contribution in [3.8, 4) is 0 Å². The van der Waals surface area contributed by atoms with Crippen molar-refractivity contribution in [3.05, 3.63) is 18.2 Å². The Hall–Kier alpha value is -1.36. The predicted octanol–water partition coefficient (Wildman–Crippen LogP) is 4.00. The highest BCUT2D eigenvalue weighted by Gasteiger charge is 2.42. The van der Waals surface area contributed by atoms with Gasteiger partial charge in [-0.25, -0.2) is 4.98 Å². The van der Waals surface area contributed by atoms with Crippen LogP contribution in [0.25, 0.3) is 0 Å². The zero-order chi connectivity index (χ0) is 19.0. The Morgan fingerprint density at radius 1 is 1.04 bits per heavy atom. The van der Waals surface area contributed by atoms with E-state index in [2.05, 4.69) is 31.9 Å². The van der Waals surface area contributed by atoms with E-state index in [1.165, 1.54) is 70.0 Å². The number of carbonyl (C=O) groups is 1. The molecule has 4 fully saturated rings. The van der Waals surface area contributed by atoms with Crippen molar-refractivity contribution in [3.63, 3.8) is 0 Å². The summed E-state index contributed by atoms with van der Waals surface area (Å²) in [6.07, 6.45) is 18.0. The topological polar surface area (TPSA) is 41.4 Å². The summed E-state index contributed by atoms with van der Waals surface area (Å²) in [6, 6.07) is 0.659. The molecule has 154 valence electrons.